The lowest BCUT2D eigenvalue weighted by Crippen LogP contribution is -2.16. The summed E-state index contributed by atoms with van der Waals surface area (Å²) < 4.78 is 0. The molecule has 0 fully saturated rings. The number of hydrogen-bond acceptors (Lipinski definition) is 0. The first-order valence-electron chi connectivity index (χ1n) is 10.6. The van der Waals surface area contributed by atoms with Crippen LogP contribution in [0.25, 0.3) is 0 Å². The molecule has 1 aliphatic rings. The predicted molar refractivity (Wildman–Crippen MR) is 110 cm³/mol. The van der Waals surface area contributed by atoms with Crippen LogP contribution in [-0.4, -0.2) is 8.80 Å². The number of unbranched alkanes of at least 4 members (excludes halogenated alkanes) is 5. The summed E-state index contributed by atoms with van der Waals surface area (Å²) in [6, 6.07) is 1.55. The van der Waals surface area contributed by atoms with E-state index in [2.05, 4.69) is 34.6 Å². The molecule has 0 bridgehead atoms. The normalized spacial score (nSPS) is 18.4. The average Bonchev–Trinajstić information content (AvgIpc) is 2.80. The van der Waals surface area contributed by atoms with Crippen LogP contribution in [0.4, 0.5) is 0 Å². The average molecular weight is 335 g/mol. The molecule has 0 N–H and O–H groups in total. The van der Waals surface area contributed by atoms with Gasteiger partial charge in [-0.25, -0.2) is 0 Å². The van der Waals surface area contributed by atoms with Gasteiger partial charge in [0.25, 0.3) is 0 Å². The van der Waals surface area contributed by atoms with E-state index in [0.29, 0.717) is 0 Å². The van der Waals surface area contributed by atoms with E-state index < -0.39 is 8.80 Å². The van der Waals surface area contributed by atoms with E-state index in [4.69, 9.17) is 0 Å². The van der Waals surface area contributed by atoms with Gasteiger partial charge in [-0.05, 0) is 44.6 Å². The summed E-state index contributed by atoms with van der Waals surface area (Å²) in [7, 11) is -0.795. The lowest BCUT2D eigenvalue weighted by molar-refractivity contribution is 0.739. The van der Waals surface area contributed by atoms with Gasteiger partial charge in [-0.1, -0.05) is 94.7 Å². The SMILES string of the molecule is CCCCC[SiH]1C(C)=C(CCCC)C(CCCC)=C1CCCC. The third-order valence-electron chi connectivity index (χ3n) is 5.63. The van der Waals surface area contributed by atoms with Crippen LogP contribution >= 0.6 is 0 Å². The van der Waals surface area contributed by atoms with Gasteiger partial charge in [0.1, 0.15) is 0 Å². The van der Waals surface area contributed by atoms with Crippen LogP contribution in [0.5, 0.6) is 0 Å². The molecule has 0 saturated carbocycles. The first kappa shape index (κ1) is 20.7. The smallest absolute Gasteiger partial charge is 0.0789 e. The highest BCUT2D eigenvalue weighted by Crippen LogP contribution is 2.41. The van der Waals surface area contributed by atoms with Crippen LogP contribution in [0.3, 0.4) is 0 Å². The molecule has 134 valence electrons. The fourth-order valence-electron chi connectivity index (χ4n) is 4.16. The highest BCUT2D eigenvalue weighted by Gasteiger charge is 2.30. The third-order valence-corrected chi connectivity index (χ3v) is 9.49. The van der Waals surface area contributed by atoms with Crippen LogP contribution in [0, 0.1) is 0 Å². The van der Waals surface area contributed by atoms with Gasteiger partial charge in [-0.15, -0.1) is 0 Å². The molecule has 0 aromatic carbocycles. The largest absolute Gasteiger partial charge is 0.0929 e. The zero-order valence-electron chi connectivity index (χ0n) is 16.8. The summed E-state index contributed by atoms with van der Waals surface area (Å²) >= 11 is 0. The molecule has 0 amide bonds. The summed E-state index contributed by atoms with van der Waals surface area (Å²) in [5.74, 6) is 0. The van der Waals surface area contributed by atoms with Gasteiger partial charge in [0, 0.05) is 0 Å². The van der Waals surface area contributed by atoms with Crippen LogP contribution in [0.2, 0.25) is 6.04 Å². The molecule has 1 unspecified atom stereocenters. The zero-order chi connectivity index (χ0) is 17.1. The Morgan fingerprint density at radius 1 is 0.609 bits per heavy atom. The Kier molecular flexibility index (Phi) is 10.9. The van der Waals surface area contributed by atoms with Crippen LogP contribution in [0.1, 0.15) is 112 Å². The van der Waals surface area contributed by atoms with Gasteiger partial charge in [-0.2, -0.15) is 0 Å². The van der Waals surface area contributed by atoms with Crippen molar-refractivity contribution in [2.75, 3.05) is 0 Å². The summed E-state index contributed by atoms with van der Waals surface area (Å²) in [6.45, 7) is 11.9. The predicted octanol–water partition coefficient (Wildman–Crippen LogP) is 7.68. The molecule has 0 saturated heterocycles. The minimum Gasteiger partial charge on any atom is -0.0789 e. The summed E-state index contributed by atoms with van der Waals surface area (Å²) in [4.78, 5) is 0. The molecule has 1 atom stereocenters. The standard InChI is InChI=1S/C22H42Si/c1-6-10-14-18-23-19(5)20(15-11-7-2)21(16-12-8-3)22(23)17-13-9-4/h23H,6-18H2,1-5H3. The van der Waals surface area contributed by atoms with Crippen molar-refractivity contribution in [2.24, 2.45) is 0 Å². The fraction of sp³-hybridized carbons (Fsp3) is 0.818. The molecule has 1 aliphatic heterocycles. The van der Waals surface area contributed by atoms with Crippen molar-refractivity contribution in [1.82, 2.24) is 0 Å². The zero-order valence-corrected chi connectivity index (χ0v) is 17.9. The first-order chi connectivity index (χ1) is 11.2. The quantitative estimate of drug-likeness (QED) is 0.239. The molecular weight excluding hydrogens is 292 g/mol. The van der Waals surface area contributed by atoms with E-state index in [1.54, 1.807) is 6.04 Å². The van der Waals surface area contributed by atoms with Crippen molar-refractivity contribution >= 4 is 8.80 Å². The molecular formula is C22H42Si. The summed E-state index contributed by atoms with van der Waals surface area (Å²) in [6.07, 6.45) is 16.7. The number of hydrogen-bond donors (Lipinski definition) is 0. The molecule has 0 aromatic heterocycles. The van der Waals surface area contributed by atoms with E-state index in [9.17, 15) is 0 Å². The van der Waals surface area contributed by atoms with E-state index in [1.807, 2.05) is 21.5 Å². The molecule has 23 heavy (non-hydrogen) atoms. The monoisotopic (exact) mass is 334 g/mol. The Morgan fingerprint density at radius 2 is 1.13 bits per heavy atom. The van der Waals surface area contributed by atoms with E-state index >= 15 is 0 Å². The second kappa shape index (κ2) is 12.1. The van der Waals surface area contributed by atoms with Gasteiger partial charge in [0.15, 0.2) is 0 Å². The molecule has 0 spiro atoms. The first-order valence-corrected chi connectivity index (χ1v) is 12.6. The van der Waals surface area contributed by atoms with E-state index in [-0.39, 0.29) is 0 Å². The molecule has 1 rings (SSSR count). The third kappa shape index (κ3) is 6.25. The van der Waals surface area contributed by atoms with Gasteiger partial charge < -0.3 is 0 Å². The Hall–Kier alpha value is -0.303. The maximum absolute atomic E-state index is 2.53. The Bertz CT molecular complexity index is 389. The minimum atomic E-state index is -0.795. The Balaban J connectivity index is 3.00. The Labute approximate surface area is 148 Å². The highest BCUT2D eigenvalue weighted by atomic mass is 28.3. The molecule has 0 aliphatic carbocycles. The van der Waals surface area contributed by atoms with E-state index in [0.717, 1.165) is 0 Å². The maximum Gasteiger partial charge on any atom is 0.0929 e. The van der Waals surface area contributed by atoms with Gasteiger partial charge in [-0.3, -0.25) is 0 Å². The van der Waals surface area contributed by atoms with Gasteiger partial charge >= 0.3 is 0 Å². The molecule has 0 radical (unpaired) electrons. The molecule has 1 heteroatoms. The second-order valence-corrected chi connectivity index (χ2v) is 10.8. The topological polar surface area (TPSA) is 0 Å². The van der Waals surface area contributed by atoms with Crippen molar-refractivity contribution in [3.63, 3.8) is 0 Å². The second-order valence-electron chi connectivity index (χ2n) is 7.52. The molecule has 0 aromatic rings. The number of rotatable bonds is 13. The lowest BCUT2D eigenvalue weighted by atomic mass is 9.94. The van der Waals surface area contributed by atoms with Crippen molar-refractivity contribution in [3.8, 4) is 0 Å². The molecule has 0 nitrogen and oxygen atoms in total. The van der Waals surface area contributed by atoms with Crippen molar-refractivity contribution in [2.45, 2.75) is 118 Å². The molecule has 1 heterocycles. The van der Waals surface area contributed by atoms with Gasteiger partial charge in [0.05, 0.1) is 8.80 Å². The lowest BCUT2D eigenvalue weighted by Gasteiger charge is -2.17. The van der Waals surface area contributed by atoms with E-state index in [1.165, 1.54) is 77.0 Å². The fourth-order valence-corrected chi connectivity index (χ4v) is 8.19. The van der Waals surface area contributed by atoms with Crippen molar-refractivity contribution in [3.05, 3.63) is 21.5 Å². The highest BCUT2D eigenvalue weighted by molar-refractivity contribution is 6.75. The van der Waals surface area contributed by atoms with Crippen LogP contribution in [0.15, 0.2) is 21.5 Å². The van der Waals surface area contributed by atoms with Crippen LogP contribution in [-0.2, 0) is 0 Å². The summed E-state index contributed by atoms with van der Waals surface area (Å²) in [5, 5.41) is 3.90. The number of allylic oxidation sites excluding steroid dienone is 4. The van der Waals surface area contributed by atoms with Crippen LogP contribution < -0.4 is 0 Å². The van der Waals surface area contributed by atoms with Crippen molar-refractivity contribution < 1.29 is 0 Å². The maximum atomic E-state index is 2.53. The van der Waals surface area contributed by atoms with Crippen molar-refractivity contribution in [1.29, 1.82) is 0 Å². The Morgan fingerprint density at radius 3 is 1.70 bits per heavy atom. The summed E-state index contributed by atoms with van der Waals surface area (Å²) in [5.41, 5.74) is 3.72. The van der Waals surface area contributed by atoms with Gasteiger partial charge in [0.2, 0.25) is 0 Å². The minimum absolute atomic E-state index is 0.795.